The van der Waals surface area contributed by atoms with E-state index in [1.165, 1.54) is 5.56 Å². The van der Waals surface area contributed by atoms with E-state index in [-0.39, 0.29) is 5.78 Å². The van der Waals surface area contributed by atoms with Gasteiger partial charge in [0.15, 0.2) is 5.78 Å². The highest BCUT2D eigenvalue weighted by Crippen LogP contribution is 2.09. The summed E-state index contributed by atoms with van der Waals surface area (Å²) in [4.78, 5) is 16.5. The first kappa shape index (κ1) is 13.5. The molecule has 3 nitrogen and oxygen atoms in total. The molecule has 0 fully saturated rings. The van der Waals surface area contributed by atoms with E-state index in [0.717, 1.165) is 30.8 Å². The van der Waals surface area contributed by atoms with Gasteiger partial charge >= 0.3 is 0 Å². The van der Waals surface area contributed by atoms with Crippen LogP contribution in [0.4, 0.5) is 0 Å². The van der Waals surface area contributed by atoms with Gasteiger partial charge in [-0.3, -0.25) is 4.79 Å². The van der Waals surface area contributed by atoms with Crippen LogP contribution in [-0.2, 0) is 19.4 Å². The summed E-state index contributed by atoms with van der Waals surface area (Å²) in [5.74, 6) is 0.984. The predicted octanol–water partition coefficient (Wildman–Crippen LogP) is 3.28. The first-order valence-electron chi connectivity index (χ1n) is 6.86. The fraction of sp³-hybridized carbons (Fsp3) is 0.375. The van der Waals surface area contributed by atoms with Gasteiger partial charge in [-0.05, 0) is 18.4 Å². The first-order valence-corrected chi connectivity index (χ1v) is 6.86. The van der Waals surface area contributed by atoms with E-state index in [4.69, 9.17) is 0 Å². The SMILES string of the molecule is CCCn1ccnc1CC(=O)c1ccc(CC)cc1. The molecule has 0 saturated heterocycles. The Morgan fingerprint density at radius 1 is 1.21 bits per heavy atom. The van der Waals surface area contributed by atoms with Crippen LogP contribution in [0.3, 0.4) is 0 Å². The normalized spacial score (nSPS) is 10.6. The number of aromatic nitrogens is 2. The Balaban J connectivity index is 2.09. The molecule has 0 spiro atoms. The lowest BCUT2D eigenvalue weighted by atomic mass is 10.0. The average Bonchev–Trinajstić information content (AvgIpc) is 2.86. The molecule has 0 aliphatic carbocycles. The largest absolute Gasteiger partial charge is 0.335 e. The molecule has 2 rings (SSSR count). The fourth-order valence-electron chi connectivity index (χ4n) is 2.12. The Bertz CT molecular complexity index is 540. The van der Waals surface area contributed by atoms with E-state index in [1.807, 2.05) is 30.5 Å². The number of Topliss-reactive ketones (excluding diaryl/α,β-unsaturated/α-hetero) is 1. The summed E-state index contributed by atoms with van der Waals surface area (Å²) in [5.41, 5.74) is 2.02. The molecule has 0 N–H and O–H groups in total. The van der Waals surface area contributed by atoms with Gasteiger partial charge < -0.3 is 4.57 Å². The van der Waals surface area contributed by atoms with E-state index in [0.29, 0.717) is 6.42 Å². The summed E-state index contributed by atoms with van der Waals surface area (Å²) < 4.78 is 2.05. The van der Waals surface area contributed by atoms with Crippen LogP contribution in [0.5, 0.6) is 0 Å². The molecule has 0 radical (unpaired) electrons. The van der Waals surface area contributed by atoms with Crippen molar-refractivity contribution in [2.75, 3.05) is 0 Å². The maximum Gasteiger partial charge on any atom is 0.170 e. The summed E-state index contributed by atoms with van der Waals surface area (Å²) in [7, 11) is 0. The van der Waals surface area contributed by atoms with Crippen molar-refractivity contribution in [2.45, 2.75) is 39.7 Å². The van der Waals surface area contributed by atoms with E-state index in [9.17, 15) is 4.79 Å². The number of hydrogen-bond acceptors (Lipinski definition) is 2. The van der Waals surface area contributed by atoms with Crippen molar-refractivity contribution in [3.05, 3.63) is 53.6 Å². The molecule has 0 saturated carbocycles. The van der Waals surface area contributed by atoms with Gasteiger partial charge in [-0.25, -0.2) is 4.98 Å². The van der Waals surface area contributed by atoms with Crippen LogP contribution in [0, 0.1) is 0 Å². The van der Waals surface area contributed by atoms with Gasteiger partial charge in [-0.15, -0.1) is 0 Å². The quantitative estimate of drug-likeness (QED) is 0.743. The van der Waals surface area contributed by atoms with Crippen molar-refractivity contribution in [1.29, 1.82) is 0 Å². The van der Waals surface area contributed by atoms with E-state index < -0.39 is 0 Å². The Morgan fingerprint density at radius 2 is 1.95 bits per heavy atom. The van der Waals surface area contributed by atoms with Crippen molar-refractivity contribution in [3.63, 3.8) is 0 Å². The Hall–Kier alpha value is -1.90. The molecule has 19 heavy (non-hydrogen) atoms. The zero-order valence-corrected chi connectivity index (χ0v) is 11.6. The van der Waals surface area contributed by atoms with Gasteiger partial charge in [0.25, 0.3) is 0 Å². The van der Waals surface area contributed by atoms with Crippen LogP contribution in [-0.4, -0.2) is 15.3 Å². The molecule has 2 aromatic rings. The Kier molecular flexibility index (Phi) is 4.50. The Morgan fingerprint density at radius 3 is 2.58 bits per heavy atom. The molecule has 0 atom stereocenters. The maximum absolute atomic E-state index is 12.2. The zero-order valence-electron chi connectivity index (χ0n) is 11.6. The standard InChI is InChI=1S/C16H20N2O/c1-3-10-18-11-9-17-16(18)12-15(19)14-7-5-13(4-2)6-8-14/h5-9,11H,3-4,10,12H2,1-2H3. The van der Waals surface area contributed by atoms with Crippen LogP contribution in [0.15, 0.2) is 36.7 Å². The summed E-state index contributed by atoms with van der Waals surface area (Å²) in [6, 6.07) is 7.86. The number of nitrogens with zero attached hydrogens (tertiary/aromatic N) is 2. The molecule has 1 heterocycles. The third-order valence-electron chi connectivity index (χ3n) is 3.27. The number of carbonyl (C=O) groups excluding carboxylic acids is 1. The first-order chi connectivity index (χ1) is 9.24. The summed E-state index contributed by atoms with van der Waals surface area (Å²) in [6.07, 6.45) is 6.11. The fourth-order valence-corrected chi connectivity index (χ4v) is 2.12. The summed E-state index contributed by atoms with van der Waals surface area (Å²) >= 11 is 0. The molecular formula is C16H20N2O. The number of rotatable bonds is 6. The van der Waals surface area contributed by atoms with Gasteiger partial charge in [-0.2, -0.15) is 0 Å². The summed E-state index contributed by atoms with van der Waals surface area (Å²) in [6.45, 7) is 5.14. The van der Waals surface area contributed by atoms with Gasteiger partial charge in [0, 0.05) is 24.5 Å². The van der Waals surface area contributed by atoms with Crippen molar-refractivity contribution in [1.82, 2.24) is 9.55 Å². The van der Waals surface area contributed by atoms with Gasteiger partial charge in [-0.1, -0.05) is 38.1 Å². The zero-order chi connectivity index (χ0) is 13.7. The van der Waals surface area contributed by atoms with Crippen molar-refractivity contribution in [2.24, 2.45) is 0 Å². The van der Waals surface area contributed by atoms with E-state index in [2.05, 4.69) is 23.4 Å². The minimum Gasteiger partial charge on any atom is -0.335 e. The highest BCUT2D eigenvalue weighted by atomic mass is 16.1. The number of aryl methyl sites for hydroxylation is 2. The number of benzene rings is 1. The van der Waals surface area contributed by atoms with Crippen LogP contribution in [0.25, 0.3) is 0 Å². The molecule has 1 aromatic carbocycles. The molecule has 100 valence electrons. The van der Waals surface area contributed by atoms with Crippen LogP contribution >= 0.6 is 0 Å². The lowest BCUT2D eigenvalue weighted by Gasteiger charge is -2.06. The molecule has 0 amide bonds. The Labute approximate surface area is 114 Å². The second-order valence-corrected chi connectivity index (χ2v) is 4.69. The lowest BCUT2D eigenvalue weighted by Crippen LogP contribution is -2.10. The highest BCUT2D eigenvalue weighted by Gasteiger charge is 2.10. The van der Waals surface area contributed by atoms with Gasteiger partial charge in [0.05, 0.1) is 6.42 Å². The molecule has 0 aliphatic heterocycles. The average molecular weight is 256 g/mol. The molecule has 0 bridgehead atoms. The minimum atomic E-state index is 0.131. The van der Waals surface area contributed by atoms with Crippen LogP contribution < -0.4 is 0 Å². The van der Waals surface area contributed by atoms with Gasteiger partial charge in [0.1, 0.15) is 5.82 Å². The van der Waals surface area contributed by atoms with Crippen molar-refractivity contribution < 1.29 is 4.79 Å². The molecule has 0 unspecified atom stereocenters. The number of carbonyl (C=O) groups is 1. The lowest BCUT2D eigenvalue weighted by molar-refractivity contribution is 0.0989. The third kappa shape index (κ3) is 3.31. The molecule has 3 heteroatoms. The van der Waals surface area contributed by atoms with Crippen LogP contribution in [0.2, 0.25) is 0 Å². The van der Waals surface area contributed by atoms with Gasteiger partial charge in [0.2, 0.25) is 0 Å². The van der Waals surface area contributed by atoms with Crippen LogP contribution in [0.1, 0.15) is 42.0 Å². The van der Waals surface area contributed by atoms with E-state index >= 15 is 0 Å². The number of hydrogen-bond donors (Lipinski definition) is 0. The highest BCUT2D eigenvalue weighted by molar-refractivity contribution is 5.97. The van der Waals surface area contributed by atoms with Crippen molar-refractivity contribution >= 4 is 5.78 Å². The third-order valence-corrected chi connectivity index (χ3v) is 3.27. The number of ketones is 1. The molecule has 1 aromatic heterocycles. The second-order valence-electron chi connectivity index (χ2n) is 4.69. The maximum atomic E-state index is 12.2. The summed E-state index contributed by atoms with van der Waals surface area (Å²) in [5, 5.41) is 0. The smallest absolute Gasteiger partial charge is 0.170 e. The second kappa shape index (κ2) is 6.32. The molecular weight excluding hydrogens is 236 g/mol. The predicted molar refractivity (Wildman–Crippen MR) is 76.4 cm³/mol. The van der Waals surface area contributed by atoms with Crippen molar-refractivity contribution in [3.8, 4) is 0 Å². The minimum absolute atomic E-state index is 0.131. The number of imidazole rings is 1. The topological polar surface area (TPSA) is 34.9 Å². The monoisotopic (exact) mass is 256 g/mol. The molecule has 0 aliphatic rings. The van der Waals surface area contributed by atoms with E-state index in [1.54, 1.807) is 6.20 Å².